The van der Waals surface area contributed by atoms with Gasteiger partial charge in [-0.05, 0) is 44.2 Å². The molecule has 0 heterocycles. The molecule has 0 fully saturated rings. The van der Waals surface area contributed by atoms with Crippen LogP contribution in [0.1, 0.15) is 24.2 Å². The van der Waals surface area contributed by atoms with Crippen LogP contribution in [0.3, 0.4) is 0 Å². The summed E-state index contributed by atoms with van der Waals surface area (Å²) in [5.74, 6) is -0.359. The van der Waals surface area contributed by atoms with Crippen LogP contribution < -0.4 is 14.8 Å². The van der Waals surface area contributed by atoms with Crippen molar-refractivity contribution in [3.05, 3.63) is 58.1 Å². The van der Waals surface area contributed by atoms with Crippen molar-refractivity contribution >= 4 is 23.3 Å². The van der Waals surface area contributed by atoms with Crippen molar-refractivity contribution in [2.75, 3.05) is 19.0 Å². The number of methoxy groups -OCH3 is 1. The molecule has 0 atom stereocenters. The van der Waals surface area contributed by atoms with Gasteiger partial charge in [0.1, 0.15) is 11.5 Å². The Morgan fingerprint density at radius 1 is 1.14 bits per heavy atom. The Kier molecular flexibility index (Phi) is 6.91. The van der Waals surface area contributed by atoms with Gasteiger partial charge in [-0.25, -0.2) is 4.79 Å². The maximum Gasteiger partial charge on any atom is 0.338 e. The highest BCUT2D eigenvalue weighted by Crippen LogP contribution is 2.28. The minimum Gasteiger partial charge on any atom is -0.494 e. The molecule has 9 nitrogen and oxygen atoms in total. The number of nitrogens with one attached hydrogen (secondary N) is 1. The third-order valence-corrected chi connectivity index (χ3v) is 3.47. The Labute approximate surface area is 161 Å². The summed E-state index contributed by atoms with van der Waals surface area (Å²) in [6, 6.07) is 10.0. The van der Waals surface area contributed by atoms with Crippen LogP contribution in [0.25, 0.3) is 0 Å². The molecule has 2 rings (SSSR count). The Hall–Kier alpha value is -3.62. The number of nitrogens with zero attached hydrogens (tertiary/aromatic N) is 1. The van der Waals surface area contributed by atoms with Crippen LogP contribution in [0.15, 0.2) is 42.5 Å². The molecule has 1 N–H and O–H groups in total. The van der Waals surface area contributed by atoms with E-state index in [1.165, 1.54) is 37.4 Å². The van der Waals surface area contributed by atoms with Crippen LogP contribution in [0.4, 0.5) is 11.4 Å². The molecule has 2 aromatic carbocycles. The number of amides is 1. The van der Waals surface area contributed by atoms with Crippen molar-refractivity contribution in [3.63, 3.8) is 0 Å². The van der Waals surface area contributed by atoms with Gasteiger partial charge < -0.3 is 19.5 Å². The van der Waals surface area contributed by atoms with Gasteiger partial charge in [-0.15, -0.1) is 0 Å². The summed E-state index contributed by atoms with van der Waals surface area (Å²) >= 11 is 0. The molecule has 0 aromatic heterocycles. The zero-order valence-electron chi connectivity index (χ0n) is 15.6. The maximum atomic E-state index is 12.1. The Balaban J connectivity index is 1.94. The first kappa shape index (κ1) is 20.7. The molecule has 0 spiro atoms. The molecule has 0 unspecified atom stereocenters. The van der Waals surface area contributed by atoms with Crippen LogP contribution in [-0.2, 0) is 9.53 Å². The van der Waals surface area contributed by atoms with Crippen molar-refractivity contribution in [2.24, 2.45) is 0 Å². The predicted molar refractivity (Wildman–Crippen MR) is 101 cm³/mol. The summed E-state index contributed by atoms with van der Waals surface area (Å²) in [5.41, 5.74) is 0.511. The van der Waals surface area contributed by atoms with Crippen molar-refractivity contribution in [1.29, 1.82) is 0 Å². The van der Waals surface area contributed by atoms with E-state index in [9.17, 15) is 19.7 Å². The standard InChI is InChI=1S/C19H20N2O7/c1-12(2)28-19(23)13-4-7-15(8-5-13)27-11-18(22)20-16-9-6-14(21(24)25)10-17(16)26-3/h4-10,12H,11H2,1-3H3,(H,20,22). The van der Waals surface area contributed by atoms with Gasteiger partial charge >= 0.3 is 5.97 Å². The number of non-ortho nitro benzene ring substituents is 1. The molecule has 0 radical (unpaired) electrons. The summed E-state index contributed by atoms with van der Waals surface area (Å²) in [4.78, 5) is 34.1. The largest absolute Gasteiger partial charge is 0.494 e. The first-order chi connectivity index (χ1) is 13.3. The number of nitro benzene ring substituents is 1. The fraction of sp³-hybridized carbons (Fsp3) is 0.263. The van der Waals surface area contributed by atoms with E-state index in [-0.39, 0.29) is 29.8 Å². The predicted octanol–water partition coefficient (Wildman–Crippen LogP) is 3.19. The lowest BCUT2D eigenvalue weighted by molar-refractivity contribution is -0.384. The topological polar surface area (TPSA) is 117 Å². The number of carbonyl (C=O) groups excluding carboxylic acids is 2. The normalized spacial score (nSPS) is 10.3. The lowest BCUT2D eigenvalue weighted by Gasteiger charge is -2.11. The van der Waals surface area contributed by atoms with Gasteiger partial charge in [-0.3, -0.25) is 14.9 Å². The van der Waals surface area contributed by atoms with Crippen LogP contribution in [0.5, 0.6) is 11.5 Å². The number of rotatable bonds is 8. The Morgan fingerprint density at radius 3 is 2.39 bits per heavy atom. The number of ether oxygens (including phenoxy) is 3. The second kappa shape index (κ2) is 9.36. The van der Waals surface area contributed by atoms with E-state index in [4.69, 9.17) is 14.2 Å². The fourth-order valence-electron chi connectivity index (χ4n) is 2.20. The fourth-order valence-corrected chi connectivity index (χ4v) is 2.20. The molecule has 28 heavy (non-hydrogen) atoms. The lowest BCUT2D eigenvalue weighted by Crippen LogP contribution is -2.20. The molecule has 0 aliphatic carbocycles. The summed E-state index contributed by atoms with van der Waals surface area (Å²) in [6.45, 7) is 3.22. The molecular formula is C19H20N2O7. The van der Waals surface area contributed by atoms with E-state index < -0.39 is 16.8 Å². The zero-order valence-corrected chi connectivity index (χ0v) is 15.6. The van der Waals surface area contributed by atoms with E-state index in [0.717, 1.165) is 0 Å². The first-order valence-corrected chi connectivity index (χ1v) is 8.36. The molecule has 0 saturated carbocycles. The summed E-state index contributed by atoms with van der Waals surface area (Å²) < 4.78 is 15.5. The van der Waals surface area contributed by atoms with Gasteiger partial charge in [0.05, 0.1) is 35.5 Å². The number of esters is 1. The number of benzene rings is 2. The second-order valence-corrected chi connectivity index (χ2v) is 5.96. The van der Waals surface area contributed by atoms with Gasteiger partial charge in [-0.1, -0.05) is 0 Å². The summed E-state index contributed by atoms with van der Waals surface area (Å²) in [5, 5.41) is 13.4. The Morgan fingerprint density at radius 2 is 1.82 bits per heavy atom. The third-order valence-electron chi connectivity index (χ3n) is 3.47. The first-order valence-electron chi connectivity index (χ1n) is 8.36. The van der Waals surface area contributed by atoms with Gasteiger partial charge in [0.2, 0.25) is 0 Å². The molecule has 1 amide bonds. The molecule has 0 bridgehead atoms. The van der Waals surface area contributed by atoms with Crippen LogP contribution >= 0.6 is 0 Å². The molecule has 2 aromatic rings. The SMILES string of the molecule is COc1cc([N+](=O)[O-])ccc1NC(=O)COc1ccc(C(=O)OC(C)C)cc1. The highest BCUT2D eigenvalue weighted by molar-refractivity contribution is 5.93. The molecule has 9 heteroatoms. The minimum absolute atomic E-state index is 0.151. The molecule has 0 aliphatic rings. The highest BCUT2D eigenvalue weighted by Gasteiger charge is 2.14. The van der Waals surface area contributed by atoms with Gasteiger partial charge in [0, 0.05) is 6.07 Å². The lowest BCUT2D eigenvalue weighted by atomic mass is 10.2. The summed E-state index contributed by atoms with van der Waals surface area (Å²) in [6.07, 6.45) is -0.219. The average Bonchev–Trinajstić information content (AvgIpc) is 2.66. The van der Waals surface area contributed by atoms with E-state index in [1.54, 1.807) is 26.0 Å². The van der Waals surface area contributed by atoms with E-state index in [2.05, 4.69) is 5.32 Å². The van der Waals surface area contributed by atoms with Gasteiger partial charge in [0.25, 0.3) is 11.6 Å². The van der Waals surface area contributed by atoms with Crippen LogP contribution in [-0.4, -0.2) is 36.6 Å². The zero-order chi connectivity index (χ0) is 20.7. The Bertz CT molecular complexity index is 863. The van der Waals surface area contributed by atoms with Gasteiger partial charge in [-0.2, -0.15) is 0 Å². The van der Waals surface area contributed by atoms with Crippen molar-refractivity contribution < 1.29 is 28.7 Å². The molecule has 0 aliphatic heterocycles. The average molecular weight is 388 g/mol. The smallest absolute Gasteiger partial charge is 0.338 e. The van der Waals surface area contributed by atoms with E-state index in [0.29, 0.717) is 11.3 Å². The van der Waals surface area contributed by atoms with Crippen LogP contribution in [0.2, 0.25) is 0 Å². The summed E-state index contributed by atoms with van der Waals surface area (Å²) in [7, 11) is 1.34. The second-order valence-electron chi connectivity index (χ2n) is 5.96. The van der Waals surface area contributed by atoms with Crippen molar-refractivity contribution in [2.45, 2.75) is 20.0 Å². The highest BCUT2D eigenvalue weighted by atomic mass is 16.6. The minimum atomic E-state index is -0.558. The van der Waals surface area contributed by atoms with Gasteiger partial charge in [0.15, 0.2) is 6.61 Å². The molecular weight excluding hydrogens is 368 g/mol. The number of carbonyl (C=O) groups is 2. The molecule has 148 valence electrons. The monoisotopic (exact) mass is 388 g/mol. The van der Waals surface area contributed by atoms with E-state index in [1.807, 2.05) is 0 Å². The molecule has 0 saturated heterocycles. The quantitative estimate of drug-likeness (QED) is 0.419. The third kappa shape index (κ3) is 5.70. The number of anilines is 1. The number of hydrogen-bond acceptors (Lipinski definition) is 7. The van der Waals surface area contributed by atoms with E-state index >= 15 is 0 Å². The number of nitro groups is 1. The van der Waals surface area contributed by atoms with Crippen LogP contribution in [0, 0.1) is 10.1 Å². The van der Waals surface area contributed by atoms with Crippen molar-refractivity contribution in [1.82, 2.24) is 0 Å². The number of hydrogen-bond donors (Lipinski definition) is 1. The maximum absolute atomic E-state index is 12.1. The van der Waals surface area contributed by atoms with Crippen molar-refractivity contribution in [3.8, 4) is 11.5 Å².